The minimum atomic E-state index is -0.228. The summed E-state index contributed by atoms with van der Waals surface area (Å²) < 4.78 is 11.4. The van der Waals surface area contributed by atoms with E-state index in [0.29, 0.717) is 30.9 Å². The average Bonchev–Trinajstić information content (AvgIpc) is 2.65. The molecule has 0 aliphatic rings. The van der Waals surface area contributed by atoms with Gasteiger partial charge in [0.25, 0.3) is 0 Å². The van der Waals surface area contributed by atoms with Crippen LogP contribution >= 0.6 is 0 Å². The van der Waals surface area contributed by atoms with Crippen LogP contribution in [0.3, 0.4) is 0 Å². The van der Waals surface area contributed by atoms with Crippen LogP contribution in [0.2, 0.25) is 0 Å². The van der Waals surface area contributed by atoms with Gasteiger partial charge in [-0.05, 0) is 75.8 Å². The highest BCUT2D eigenvalue weighted by Gasteiger charge is 2.16. The average molecular weight is 375 g/mol. The summed E-state index contributed by atoms with van der Waals surface area (Å²) in [4.78, 5) is 11.3. The second-order valence-electron chi connectivity index (χ2n) is 7.14. The normalized spacial score (nSPS) is 12.4. The van der Waals surface area contributed by atoms with Crippen molar-refractivity contribution in [3.05, 3.63) is 46.6 Å². The number of benzene rings is 1. The Morgan fingerprint density at radius 2 is 1.93 bits per heavy atom. The number of aliphatic hydroxyl groups excluding tert-OH is 1. The lowest BCUT2D eigenvalue weighted by Gasteiger charge is -2.17. The highest BCUT2D eigenvalue weighted by molar-refractivity contribution is 5.64. The number of aryl methyl sites for hydroxylation is 1. The van der Waals surface area contributed by atoms with Gasteiger partial charge >= 0.3 is 0 Å². The Bertz CT molecular complexity index is 655. The van der Waals surface area contributed by atoms with Crippen molar-refractivity contribution in [3.63, 3.8) is 0 Å². The number of aldehydes is 1. The molecule has 0 radical (unpaired) electrons. The minimum absolute atomic E-state index is 0.117. The highest BCUT2D eigenvalue weighted by Crippen LogP contribution is 2.34. The quantitative estimate of drug-likeness (QED) is 0.413. The molecule has 1 aromatic carbocycles. The molecule has 150 valence electrons. The third-order valence-electron chi connectivity index (χ3n) is 4.49. The van der Waals surface area contributed by atoms with Crippen molar-refractivity contribution in [2.45, 2.75) is 59.3 Å². The van der Waals surface area contributed by atoms with Crippen molar-refractivity contribution in [3.8, 4) is 11.5 Å². The Balaban J connectivity index is 2.92. The van der Waals surface area contributed by atoms with Gasteiger partial charge in [-0.1, -0.05) is 24.1 Å². The Morgan fingerprint density at radius 3 is 2.52 bits per heavy atom. The first-order valence-corrected chi connectivity index (χ1v) is 9.61. The third-order valence-corrected chi connectivity index (χ3v) is 4.49. The van der Waals surface area contributed by atoms with Gasteiger partial charge in [0.2, 0.25) is 0 Å². The largest absolute Gasteiger partial charge is 0.493 e. The number of allylic oxidation sites excluding steroid dienone is 3. The summed E-state index contributed by atoms with van der Waals surface area (Å²) in [5.74, 6) is 1.07. The molecule has 0 aliphatic carbocycles. The second kappa shape index (κ2) is 12.3. The van der Waals surface area contributed by atoms with Gasteiger partial charge in [0.05, 0.1) is 7.11 Å². The molecule has 1 unspecified atom stereocenters. The molecule has 4 heteroatoms. The van der Waals surface area contributed by atoms with Crippen molar-refractivity contribution < 1.29 is 19.4 Å². The standard InChI is InChI=1S/C23H34O4/c1-17(2)8-6-9-18(3)11-13-27-23-15-21(19(4)16-25)20(10-7-12-24)14-22(23)26-5/h8,11,14-16,19,24H,6-7,9-10,12-13H2,1-5H3/b18-11+. The van der Waals surface area contributed by atoms with Crippen molar-refractivity contribution in [2.75, 3.05) is 20.3 Å². The van der Waals surface area contributed by atoms with Gasteiger partial charge in [0.15, 0.2) is 11.5 Å². The van der Waals surface area contributed by atoms with Gasteiger partial charge in [0, 0.05) is 12.5 Å². The fourth-order valence-electron chi connectivity index (χ4n) is 2.84. The van der Waals surface area contributed by atoms with Crippen LogP contribution in [0.5, 0.6) is 11.5 Å². The molecule has 27 heavy (non-hydrogen) atoms. The number of hydrogen-bond donors (Lipinski definition) is 1. The minimum Gasteiger partial charge on any atom is -0.493 e. The van der Waals surface area contributed by atoms with Crippen LogP contribution in [0.15, 0.2) is 35.4 Å². The Kier molecular flexibility index (Phi) is 10.5. The van der Waals surface area contributed by atoms with Gasteiger partial charge in [-0.2, -0.15) is 0 Å². The molecule has 0 aromatic heterocycles. The van der Waals surface area contributed by atoms with Crippen LogP contribution in [0.25, 0.3) is 0 Å². The van der Waals surface area contributed by atoms with E-state index in [-0.39, 0.29) is 12.5 Å². The predicted octanol–water partition coefficient (Wildman–Crippen LogP) is 4.99. The predicted molar refractivity (Wildman–Crippen MR) is 111 cm³/mol. The first kappa shape index (κ1) is 23.0. The van der Waals surface area contributed by atoms with Crippen molar-refractivity contribution >= 4 is 6.29 Å². The summed E-state index contributed by atoms with van der Waals surface area (Å²) >= 11 is 0. The number of aliphatic hydroxyl groups is 1. The number of ether oxygens (including phenoxy) is 2. The SMILES string of the molecule is COc1cc(CCCO)c(C(C)C=O)cc1OC/C=C(\C)CCC=C(C)C. The molecule has 1 atom stereocenters. The van der Waals surface area contributed by atoms with Crippen LogP contribution in [-0.4, -0.2) is 31.7 Å². The first-order chi connectivity index (χ1) is 12.9. The fourth-order valence-corrected chi connectivity index (χ4v) is 2.84. The van der Waals surface area contributed by atoms with E-state index in [1.165, 1.54) is 11.1 Å². The van der Waals surface area contributed by atoms with Gasteiger partial charge in [0.1, 0.15) is 12.9 Å². The maximum atomic E-state index is 11.3. The van der Waals surface area contributed by atoms with E-state index in [9.17, 15) is 4.79 Å². The van der Waals surface area contributed by atoms with E-state index in [1.54, 1.807) is 7.11 Å². The molecule has 0 spiro atoms. The number of hydrogen-bond acceptors (Lipinski definition) is 4. The lowest BCUT2D eigenvalue weighted by Crippen LogP contribution is -2.05. The van der Waals surface area contributed by atoms with Crippen LogP contribution in [0.4, 0.5) is 0 Å². The molecular formula is C23H34O4. The molecule has 1 rings (SSSR count). The van der Waals surface area contributed by atoms with E-state index in [1.807, 2.05) is 19.1 Å². The highest BCUT2D eigenvalue weighted by atomic mass is 16.5. The van der Waals surface area contributed by atoms with Crippen LogP contribution in [0, 0.1) is 0 Å². The summed E-state index contributed by atoms with van der Waals surface area (Å²) in [5, 5.41) is 9.12. The molecule has 0 bridgehead atoms. The Labute approximate surface area is 163 Å². The van der Waals surface area contributed by atoms with E-state index in [4.69, 9.17) is 14.6 Å². The zero-order valence-corrected chi connectivity index (χ0v) is 17.4. The van der Waals surface area contributed by atoms with Crippen molar-refractivity contribution in [2.24, 2.45) is 0 Å². The summed E-state index contributed by atoms with van der Waals surface area (Å²) in [6.07, 6.45) is 8.65. The smallest absolute Gasteiger partial charge is 0.161 e. The molecule has 0 saturated carbocycles. The number of methoxy groups -OCH3 is 1. The molecule has 0 aliphatic heterocycles. The van der Waals surface area contributed by atoms with Crippen molar-refractivity contribution in [1.29, 1.82) is 0 Å². The molecule has 0 fully saturated rings. The topological polar surface area (TPSA) is 55.8 Å². The molecular weight excluding hydrogens is 340 g/mol. The van der Waals surface area contributed by atoms with Crippen LogP contribution in [-0.2, 0) is 11.2 Å². The van der Waals surface area contributed by atoms with E-state index in [0.717, 1.165) is 30.3 Å². The third kappa shape index (κ3) is 8.00. The van der Waals surface area contributed by atoms with E-state index in [2.05, 4.69) is 32.9 Å². The maximum absolute atomic E-state index is 11.3. The first-order valence-electron chi connectivity index (χ1n) is 9.61. The van der Waals surface area contributed by atoms with Crippen LogP contribution in [0.1, 0.15) is 64.0 Å². The lowest BCUT2D eigenvalue weighted by molar-refractivity contribution is -0.108. The van der Waals surface area contributed by atoms with E-state index >= 15 is 0 Å². The van der Waals surface area contributed by atoms with Gasteiger partial charge in [-0.25, -0.2) is 0 Å². The van der Waals surface area contributed by atoms with Gasteiger partial charge in [-0.3, -0.25) is 0 Å². The summed E-state index contributed by atoms with van der Waals surface area (Å²) in [6, 6.07) is 3.82. The molecule has 1 aromatic rings. The van der Waals surface area contributed by atoms with Gasteiger partial charge < -0.3 is 19.4 Å². The molecule has 4 nitrogen and oxygen atoms in total. The van der Waals surface area contributed by atoms with Crippen molar-refractivity contribution in [1.82, 2.24) is 0 Å². The zero-order chi connectivity index (χ0) is 20.2. The number of rotatable bonds is 12. The summed E-state index contributed by atoms with van der Waals surface area (Å²) in [7, 11) is 1.61. The number of carbonyl (C=O) groups is 1. The zero-order valence-electron chi connectivity index (χ0n) is 17.4. The summed E-state index contributed by atoms with van der Waals surface area (Å²) in [5.41, 5.74) is 4.56. The molecule has 1 N–H and O–H groups in total. The Morgan fingerprint density at radius 1 is 1.19 bits per heavy atom. The van der Waals surface area contributed by atoms with Gasteiger partial charge in [-0.15, -0.1) is 0 Å². The van der Waals surface area contributed by atoms with E-state index < -0.39 is 0 Å². The molecule has 0 heterocycles. The monoisotopic (exact) mass is 374 g/mol. The molecule has 0 amide bonds. The second-order valence-corrected chi connectivity index (χ2v) is 7.14. The maximum Gasteiger partial charge on any atom is 0.161 e. The van der Waals surface area contributed by atoms with Crippen LogP contribution < -0.4 is 9.47 Å². The number of carbonyl (C=O) groups excluding carboxylic acids is 1. The summed E-state index contributed by atoms with van der Waals surface area (Å²) in [6.45, 7) is 8.77. The Hall–Kier alpha value is -2.07. The molecule has 0 saturated heterocycles. The fraction of sp³-hybridized carbons (Fsp3) is 0.522. The lowest BCUT2D eigenvalue weighted by atomic mass is 9.93.